The summed E-state index contributed by atoms with van der Waals surface area (Å²) < 4.78 is 33.9. The molecule has 0 amide bonds. The summed E-state index contributed by atoms with van der Waals surface area (Å²) in [6, 6.07) is 8.47. The molecule has 0 saturated carbocycles. The lowest BCUT2D eigenvalue weighted by molar-refractivity contribution is 0.0472. The van der Waals surface area contributed by atoms with E-state index in [1.807, 2.05) is 0 Å². The summed E-state index contributed by atoms with van der Waals surface area (Å²) in [5.41, 5.74) is 1.09. The predicted molar refractivity (Wildman–Crippen MR) is 102 cm³/mol. The SMILES string of the molecule is Cc1ccc(S(C)(=O)=O)cc1C(=O)OCc1cc(=O)oc2c(C)c(O)ccc12. The first kappa shape index (κ1) is 19.6. The van der Waals surface area contributed by atoms with Crippen LogP contribution in [0.4, 0.5) is 0 Å². The average molecular weight is 402 g/mol. The molecule has 0 radical (unpaired) electrons. The zero-order valence-electron chi connectivity index (χ0n) is 15.5. The van der Waals surface area contributed by atoms with E-state index in [9.17, 15) is 23.1 Å². The molecule has 3 rings (SSSR count). The minimum absolute atomic E-state index is 0.0157. The molecule has 28 heavy (non-hydrogen) atoms. The van der Waals surface area contributed by atoms with Crippen LogP contribution in [0.2, 0.25) is 0 Å². The molecule has 0 bridgehead atoms. The molecule has 0 saturated heterocycles. The molecule has 7 nitrogen and oxygen atoms in total. The smallest absolute Gasteiger partial charge is 0.338 e. The van der Waals surface area contributed by atoms with Crippen molar-refractivity contribution in [2.24, 2.45) is 0 Å². The Labute approximate surface area is 161 Å². The molecule has 0 aliphatic carbocycles. The van der Waals surface area contributed by atoms with Gasteiger partial charge in [-0.05, 0) is 43.7 Å². The fourth-order valence-electron chi connectivity index (χ4n) is 2.81. The lowest BCUT2D eigenvalue weighted by Crippen LogP contribution is -2.10. The number of esters is 1. The second-order valence-corrected chi connectivity index (χ2v) is 8.52. The van der Waals surface area contributed by atoms with Gasteiger partial charge < -0.3 is 14.3 Å². The van der Waals surface area contributed by atoms with Crippen LogP contribution in [0.5, 0.6) is 5.75 Å². The summed E-state index contributed by atoms with van der Waals surface area (Å²) in [6.07, 6.45) is 1.06. The number of phenols is 1. The van der Waals surface area contributed by atoms with Crippen LogP contribution in [-0.4, -0.2) is 25.7 Å². The quantitative estimate of drug-likeness (QED) is 0.528. The summed E-state index contributed by atoms with van der Waals surface area (Å²) in [4.78, 5) is 24.4. The van der Waals surface area contributed by atoms with E-state index in [0.29, 0.717) is 22.1 Å². The van der Waals surface area contributed by atoms with E-state index in [4.69, 9.17) is 9.15 Å². The summed E-state index contributed by atoms with van der Waals surface area (Å²) >= 11 is 0. The van der Waals surface area contributed by atoms with Gasteiger partial charge in [0.1, 0.15) is 17.9 Å². The number of rotatable bonds is 4. The van der Waals surface area contributed by atoms with Gasteiger partial charge in [-0.3, -0.25) is 0 Å². The van der Waals surface area contributed by atoms with Crippen molar-refractivity contribution in [2.75, 3.05) is 6.26 Å². The summed E-state index contributed by atoms with van der Waals surface area (Å²) in [5, 5.41) is 10.3. The average Bonchev–Trinajstić information content (AvgIpc) is 2.62. The standard InChI is InChI=1S/C20H18O7S/c1-11-4-5-14(28(3,24)25)9-16(11)20(23)26-10-13-8-18(22)27-19-12(2)17(21)7-6-15(13)19/h4-9,21H,10H2,1-3H3. The molecule has 0 spiro atoms. The third-order valence-electron chi connectivity index (χ3n) is 4.43. The zero-order chi connectivity index (χ0) is 20.6. The molecule has 3 aromatic rings. The van der Waals surface area contributed by atoms with Crippen molar-refractivity contribution in [1.82, 2.24) is 0 Å². The van der Waals surface area contributed by atoms with E-state index in [1.165, 1.54) is 30.3 Å². The van der Waals surface area contributed by atoms with E-state index >= 15 is 0 Å². The van der Waals surface area contributed by atoms with Crippen molar-refractivity contribution >= 4 is 26.8 Å². The molecule has 0 fully saturated rings. The second-order valence-electron chi connectivity index (χ2n) is 6.50. The van der Waals surface area contributed by atoms with Gasteiger partial charge in [-0.2, -0.15) is 0 Å². The molecule has 2 aromatic carbocycles. The zero-order valence-corrected chi connectivity index (χ0v) is 16.3. The fraction of sp³-hybridized carbons (Fsp3) is 0.200. The summed E-state index contributed by atoms with van der Waals surface area (Å²) in [6.45, 7) is 3.06. The number of sulfone groups is 1. The number of aryl methyl sites for hydroxylation is 2. The first-order valence-electron chi connectivity index (χ1n) is 8.31. The molecule has 8 heteroatoms. The molecular formula is C20H18O7S. The van der Waals surface area contributed by atoms with Crippen molar-refractivity contribution in [3.05, 3.63) is 69.1 Å². The lowest BCUT2D eigenvalue weighted by Gasteiger charge is -2.11. The van der Waals surface area contributed by atoms with Crippen molar-refractivity contribution < 1.29 is 27.5 Å². The monoisotopic (exact) mass is 402 g/mol. The molecule has 1 heterocycles. The van der Waals surface area contributed by atoms with Gasteiger partial charge in [-0.1, -0.05) is 6.07 Å². The first-order valence-corrected chi connectivity index (χ1v) is 10.2. The van der Waals surface area contributed by atoms with Gasteiger partial charge in [-0.15, -0.1) is 0 Å². The van der Waals surface area contributed by atoms with Gasteiger partial charge in [0.15, 0.2) is 9.84 Å². The molecular weight excluding hydrogens is 384 g/mol. The van der Waals surface area contributed by atoms with Crippen LogP contribution in [0.25, 0.3) is 11.0 Å². The second kappa shape index (κ2) is 7.12. The van der Waals surface area contributed by atoms with Crippen molar-refractivity contribution in [3.8, 4) is 5.75 Å². The number of ether oxygens (including phenoxy) is 1. The van der Waals surface area contributed by atoms with E-state index in [2.05, 4.69) is 0 Å². The van der Waals surface area contributed by atoms with Crippen LogP contribution in [0.1, 0.15) is 27.0 Å². The maximum atomic E-state index is 12.5. The molecule has 0 unspecified atom stereocenters. The number of carbonyl (C=O) groups excluding carboxylic acids is 1. The largest absolute Gasteiger partial charge is 0.508 e. The van der Waals surface area contributed by atoms with Crippen LogP contribution in [0.15, 0.2) is 50.5 Å². The summed E-state index contributed by atoms with van der Waals surface area (Å²) in [7, 11) is -3.47. The number of aromatic hydroxyl groups is 1. The Kier molecular flexibility index (Phi) is 4.99. The highest BCUT2D eigenvalue weighted by molar-refractivity contribution is 7.90. The van der Waals surface area contributed by atoms with Gasteiger partial charge in [0.25, 0.3) is 0 Å². The molecule has 1 N–H and O–H groups in total. The van der Waals surface area contributed by atoms with Gasteiger partial charge in [0.2, 0.25) is 0 Å². The minimum atomic E-state index is -3.47. The van der Waals surface area contributed by atoms with Crippen LogP contribution < -0.4 is 5.63 Å². The molecule has 0 aliphatic heterocycles. The Balaban J connectivity index is 1.94. The minimum Gasteiger partial charge on any atom is -0.508 e. The van der Waals surface area contributed by atoms with Gasteiger partial charge in [0.05, 0.1) is 10.5 Å². The van der Waals surface area contributed by atoms with Crippen LogP contribution in [0, 0.1) is 13.8 Å². The number of benzene rings is 2. The topological polar surface area (TPSA) is 111 Å². The van der Waals surface area contributed by atoms with Crippen LogP contribution in [-0.2, 0) is 21.2 Å². The highest BCUT2D eigenvalue weighted by atomic mass is 32.2. The number of carbonyl (C=O) groups is 1. The van der Waals surface area contributed by atoms with Gasteiger partial charge in [0, 0.05) is 28.8 Å². The number of fused-ring (bicyclic) bond motifs is 1. The summed E-state index contributed by atoms with van der Waals surface area (Å²) in [5.74, 6) is -0.724. The molecule has 0 atom stereocenters. The van der Waals surface area contributed by atoms with E-state index in [1.54, 1.807) is 19.9 Å². The lowest BCUT2D eigenvalue weighted by atomic mass is 10.1. The van der Waals surface area contributed by atoms with Crippen molar-refractivity contribution in [1.29, 1.82) is 0 Å². The Hall–Kier alpha value is -3.13. The van der Waals surface area contributed by atoms with Crippen LogP contribution in [0.3, 0.4) is 0 Å². The Morgan fingerprint density at radius 3 is 2.54 bits per heavy atom. The van der Waals surface area contributed by atoms with Gasteiger partial charge >= 0.3 is 11.6 Å². The predicted octanol–water partition coefficient (Wildman–Crippen LogP) is 2.88. The Bertz CT molecular complexity index is 1250. The highest BCUT2D eigenvalue weighted by Crippen LogP contribution is 2.28. The molecule has 0 aliphatic rings. The molecule has 146 valence electrons. The Morgan fingerprint density at radius 2 is 1.86 bits per heavy atom. The number of hydrogen-bond donors (Lipinski definition) is 1. The number of hydrogen-bond acceptors (Lipinski definition) is 7. The highest BCUT2D eigenvalue weighted by Gasteiger charge is 2.17. The maximum absolute atomic E-state index is 12.5. The Morgan fingerprint density at radius 1 is 1.14 bits per heavy atom. The fourth-order valence-corrected chi connectivity index (χ4v) is 3.46. The van der Waals surface area contributed by atoms with Gasteiger partial charge in [-0.25, -0.2) is 18.0 Å². The first-order chi connectivity index (χ1) is 13.1. The number of phenolic OH excluding ortho intramolecular Hbond substituents is 1. The van der Waals surface area contributed by atoms with E-state index < -0.39 is 21.4 Å². The van der Waals surface area contributed by atoms with Crippen LogP contribution >= 0.6 is 0 Å². The normalized spacial score (nSPS) is 11.5. The third-order valence-corrected chi connectivity index (χ3v) is 5.54. The molecule has 1 aromatic heterocycles. The third kappa shape index (κ3) is 3.77. The van der Waals surface area contributed by atoms with Crippen molar-refractivity contribution in [3.63, 3.8) is 0 Å². The van der Waals surface area contributed by atoms with Crippen molar-refractivity contribution in [2.45, 2.75) is 25.3 Å². The van der Waals surface area contributed by atoms with E-state index in [0.717, 1.165) is 6.26 Å². The maximum Gasteiger partial charge on any atom is 0.338 e. The van der Waals surface area contributed by atoms with E-state index in [-0.39, 0.29) is 28.4 Å².